The van der Waals surface area contributed by atoms with E-state index in [9.17, 15) is 23.3 Å². The van der Waals surface area contributed by atoms with E-state index in [2.05, 4.69) is 11.0 Å². The molecule has 9 nitrogen and oxygen atoms in total. The molecular formula is C25H32N4O5S3. The van der Waals surface area contributed by atoms with E-state index < -0.39 is 15.9 Å². The molecule has 200 valence electrons. The Morgan fingerprint density at radius 2 is 1.92 bits per heavy atom. The van der Waals surface area contributed by atoms with E-state index in [-0.39, 0.29) is 40.7 Å². The molecule has 37 heavy (non-hydrogen) atoms. The maximum atomic E-state index is 13.5. The van der Waals surface area contributed by atoms with Crippen molar-refractivity contribution in [2.24, 2.45) is 0 Å². The molecule has 1 aromatic rings. The number of thioether (sulfide) groups is 1. The molecule has 3 unspecified atom stereocenters. The van der Waals surface area contributed by atoms with Crippen LogP contribution in [0.25, 0.3) is 6.08 Å². The molecule has 3 aliphatic rings. The van der Waals surface area contributed by atoms with Crippen molar-refractivity contribution in [2.45, 2.75) is 71.8 Å². The number of amides is 1. The molecule has 12 heteroatoms. The molecule has 4 rings (SSSR count). The molecular weight excluding hydrogens is 532 g/mol. The first-order valence-corrected chi connectivity index (χ1v) is 15.6. The average molecular weight is 565 g/mol. The summed E-state index contributed by atoms with van der Waals surface area (Å²) < 4.78 is 32.0. The summed E-state index contributed by atoms with van der Waals surface area (Å²) in [5.41, 5.74) is 0.859. The number of thiocarbonyl (C=S) groups is 1. The van der Waals surface area contributed by atoms with Gasteiger partial charge in [0.05, 0.1) is 34.7 Å². The number of unbranched alkanes of at least 4 members (excludes halogenated alkanes) is 1. The smallest absolute Gasteiger partial charge is 0.270 e. The van der Waals surface area contributed by atoms with Crippen LogP contribution in [0, 0.1) is 18.3 Å². The summed E-state index contributed by atoms with van der Waals surface area (Å²) in [6.45, 7) is 9.30. The van der Waals surface area contributed by atoms with Crippen LogP contribution in [-0.2, 0) is 25.9 Å². The van der Waals surface area contributed by atoms with Gasteiger partial charge in [0.1, 0.15) is 21.8 Å². The van der Waals surface area contributed by atoms with Gasteiger partial charge in [-0.2, -0.15) is 5.26 Å². The minimum Gasteiger partial charge on any atom is -0.372 e. The molecule has 3 atom stereocenters. The van der Waals surface area contributed by atoms with Crippen molar-refractivity contribution in [1.29, 1.82) is 5.26 Å². The maximum absolute atomic E-state index is 13.5. The first-order chi connectivity index (χ1) is 17.5. The quantitative estimate of drug-likeness (QED) is 0.380. The topological polar surface area (TPSA) is 113 Å². The number of hydrogen-bond donors (Lipinski definition) is 0. The van der Waals surface area contributed by atoms with Crippen LogP contribution in [-0.4, -0.2) is 71.0 Å². The summed E-state index contributed by atoms with van der Waals surface area (Å²) in [5.74, 6) is 0.279. The lowest BCUT2D eigenvalue weighted by Crippen LogP contribution is -2.48. The number of carbonyl (C=O) groups is 1. The van der Waals surface area contributed by atoms with Gasteiger partial charge in [-0.1, -0.05) is 37.3 Å². The Kier molecular flexibility index (Phi) is 8.19. The van der Waals surface area contributed by atoms with E-state index in [1.54, 1.807) is 17.6 Å². The number of aromatic nitrogens is 1. The lowest BCUT2D eigenvalue weighted by atomic mass is 10.0. The maximum Gasteiger partial charge on any atom is 0.270 e. The molecule has 0 aromatic carbocycles. The molecule has 1 aromatic heterocycles. The number of anilines is 1. The Balaban J connectivity index is 1.87. The highest BCUT2D eigenvalue weighted by Crippen LogP contribution is 2.38. The molecule has 1 amide bonds. The summed E-state index contributed by atoms with van der Waals surface area (Å²) in [6, 6.07) is 1.60. The minimum atomic E-state index is -3.20. The van der Waals surface area contributed by atoms with Crippen molar-refractivity contribution < 1.29 is 17.9 Å². The normalized spacial score (nSPS) is 26.8. The zero-order valence-corrected chi connectivity index (χ0v) is 24.0. The van der Waals surface area contributed by atoms with Crippen LogP contribution < -0.4 is 10.5 Å². The highest BCUT2D eigenvalue weighted by Gasteiger charge is 2.42. The third-order valence-electron chi connectivity index (χ3n) is 6.97. The van der Waals surface area contributed by atoms with Gasteiger partial charge in [0.25, 0.3) is 11.5 Å². The van der Waals surface area contributed by atoms with Crippen LogP contribution in [0.4, 0.5) is 5.82 Å². The van der Waals surface area contributed by atoms with Crippen LogP contribution >= 0.6 is 24.0 Å². The fourth-order valence-corrected chi connectivity index (χ4v) is 8.35. The number of hydrogen-bond acceptors (Lipinski definition) is 9. The van der Waals surface area contributed by atoms with Gasteiger partial charge >= 0.3 is 0 Å². The lowest BCUT2D eigenvalue weighted by molar-refractivity contribution is -0.123. The number of nitriles is 1. The van der Waals surface area contributed by atoms with E-state index in [0.29, 0.717) is 52.2 Å². The molecule has 0 radical (unpaired) electrons. The molecule has 0 spiro atoms. The SMILES string of the molecule is CCCCn1c(N2CC(C)OC(C)C2)c(/C=C2/SC(=S)N(C3CCS(=O)(=O)C3)C2=O)c(C)c(C#N)c1=O. The van der Waals surface area contributed by atoms with Crippen LogP contribution in [0.5, 0.6) is 0 Å². The second-order valence-corrected chi connectivity index (χ2v) is 13.8. The molecule has 3 aliphatic heterocycles. The molecule has 0 aliphatic carbocycles. The van der Waals surface area contributed by atoms with Gasteiger partial charge in [-0.05, 0) is 45.3 Å². The minimum absolute atomic E-state index is 0.0400. The second kappa shape index (κ2) is 10.9. The second-order valence-electron chi connectivity index (χ2n) is 9.93. The van der Waals surface area contributed by atoms with Crippen LogP contribution in [0.1, 0.15) is 56.7 Å². The number of carbonyl (C=O) groups excluding carboxylic acids is 1. The Morgan fingerprint density at radius 1 is 1.24 bits per heavy atom. The number of rotatable bonds is 6. The zero-order valence-electron chi connectivity index (χ0n) is 21.5. The fourth-order valence-electron chi connectivity index (χ4n) is 5.26. The number of pyridine rings is 1. The van der Waals surface area contributed by atoms with E-state index in [1.807, 2.05) is 20.8 Å². The molecule has 0 saturated carbocycles. The first kappa shape index (κ1) is 27.8. The van der Waals surface area contributed by atoms with E-state index in [0.717, 1.165) is 24.6 Å². The van der Waals surface area contributed by atoms with Crippen molar-refractivity contribution in [2.75, 3.05) is 29.5 Å². The third-order valence-corrected chi connectivity index (χ3v) is 10.1. The predicted molar refractivity (Wildman–Crippen MR) is 149 cm³/mol. The molecule has 0 N–H and O–H groups in total. The number of sulfone groups is 1. The zero-order chi connectivity index (χ0) is 27.1. The summed E-state index contributed by atoms with van der Waals surface area (Å²) in [6.07, 6.45) is 3.58. The van der Waals surface area contributed by atoms with Gasteiger partial charge < -0.3 is 9.64 Å². The number of nitrogens with zero attached hydrogens (tertiary/aromatic N) is 4. The predicted octanol–water partition coefficient (Wildman–Crippen LogP) is 2.83. The Labute approximate surface area is 227 Å². The van der Waals surface area contributed by atoms with Crippen molar-refractivity contribution in [3.63, 3.8) is 0 Å². The van der Waals surface area contributed by atoms with Crippen molar-refractivity contribution >= 4 is 55.9 Å². The highest BCUT2D eigenvalue weighted by atomic mass is 32.2. The monoisotopic (exact) mass is 564 g/mol. The summed E-state index contributed by atoms with van der Waals surface area (Å²) in [4.78, 5) is 30.8. The van der Waals surface area contributed by atoms with Crippen molar-refractivity contribution in [3.8, 4) is 6.07 Å². The van der Waals surface area contributed by atoms with Gasteiger partial charge in [0, 0.05) is 25.2 Å². The van der Waals surface area contributed by atoms with Gasteiger partial charge in [-0.3, -0.25) is 19.1 Å². The van der Waals surface area contributed by atoms with E-state index >= 15 is 0 Å². The molecule has 4 heterocycles. The van der Waals surface area contributed by atoms with Crippen molar-refractivity contribution in [1.82, 2.24) is 9.47 Å². The Morgan fingerprint density at radius 3 is 2.49 bits per heavy atom. The van der Waals surface area contributed by atoms with Gasteiger partial charge in [0.2, 0.25) is 0 Å². The fraction of sp³-hybridized carbons (Fsp3) is 0.600. The standard InChI is InChI=1S/C25H32N4O5S3/c1-5-6-8-28-22(27-12-15(2)34-16(3)13-27)19(17(4)20(11-26)23(28)30)10-21-24(31)29(25(35)36-21)18-7-9-37(32,33)14-18/h10,15-16,18H,5-9,12-14H2,1-4H3/b21-10+. The van der Waals surface area contributed by atoms with Crippen molar-refractivity contribution in [3.05, 3.63) is 31.9 Å². The Bertz CT molecular complexity index is 1350. The van der Waals surface area contributed by atoms with Gasteiger partial charge in [-0.15, -0.1) is 0 Å². The molecule has 0 bridgehead atoms. The van der Waals surface area contributed by atoms with Gasteiger partial charge in [0.15, 0.2) is 9.84 Å². The van der Waals surface area contributed by atoms with E-state index in [4.69, 9.17) is 17.0 Å². The van der Waals surface area contributed by atoms with Gasteiger partial charge in [-0.25, -0.2) is 8.42 Å². The number of ether oxygens (including phenoxy) is 1. The summed E-state index contributed by atoms with van der Waals surface area (Å²) in [7, 11) is -3.20. The van der Waals surface area contributed by atoms with Crippen LogP contribution in [0.3, 0.4) is 0 Å². The van der Waals surface area contributed by atoms with Crippen LogP contribution in [0.15, 0.2) is 9.70 Å². The molecule has 3 saturated heterocycles. The highest BCUT2D eigenvalue weighted by molar-refractivity contribution is 8.26. The largest absolute Gasteiger partial charge is 0.372 e. The lowest BCUT2D eigenvalue weighted by Gasteiger charge is -2.39. The number of morpholine rings is 1. The average Bonchev–Trinajstić information content (AvgIpc) is 3.31. The Hall–Kier alpha value is -2.20. The first-order valence-electron chi connectivity index (χ1n) is 12.5. The summed E-state index contributed by atoms with van der Waals surface area (Å²) >= 11 is 6.63. The summed E-state index contributed by atoms with van der Waals surface area (Å²) in [5, 5.41) is 9.87. The van der Waals surface area contributed by atoms with Crippen LogP contribution in [0.2, 0.25) is 0 Å². The third kappa shape index (κ3) is 5.50. The molecule has 3 fully saturated rings. The van der Waals surface area contributed by atoms with E-state index in [1.165, 1.54) is 4.90 Å².